The van der Waals surface area contributed by atoms with Crippen molar-refractivity contribution >= 4 is 11.8 Å². The fraction of sp³-hybridized carbons (Fsp3) is 0.700. The van der Waals surface area contributed by atoms with Gasteiger partial charge in [0.05, 0.1) is 0 Å². The number of hydrogen-bond donors (Lipinski definition) is 2. The van der Waals surface area contributed by atoms with E-state index in [0.717, 1.165) is 37.8 Å². The first-order chi connectivity index (χ1) is 11.9. The van der Waals surface area contributed by atoms with E-state index in [1.165, 1.54) is 24.8 Å². The molecule has 0 spiro atoms. The number of nitrogens with one attached hydrogen (secondary N) is 2. The lowest BCUT2D eigenvalue weighted by molar-refractivity contribution is 0.346. The molecule has 5 nitrogen and oxygen atoms in total. The molecule has 0 radical (unpaired) electrons. The molecular formula is C20H35N5. The van der Waals surface area contributed by atoms with Crippen LogP contribution in [0.2, 0.25) is 0 Å². The van der Waals surface area contributed by atoms with Gasteiger partial charge < -0.3 is 15.5 Å². The third kappa shape index (κ3) is 6.92. The third-order valence-electron chi connectivity index (χ3n) is 4.63. The average molecular weight is 346 g/mol. The molecule has 2 rings (SSSR count). The maximum absolute atomic E-state index is 4.52. The predicted molar refractivity (Wildman–Crippen MR) is 107 cm³/mol. The fourth-order valence-electron chi connectivity index (χ4n) is 3.03. The van der Waals surface area contributed by atoms with E-state index < -0.39 is 0 Å². The van der Waals surface area contributed by atoms with Crippen LogP contribution in [0.5, 0.6) is 0 Å². The monoisotopic (exact) mass is 345 g/mol. The van der Waals surface area contributed by atoms with Crippen LogP contribution in [0.3, 0.4) is 0 Å². The second-order valence-corrected chi connectivity index (χ2v) is 8.29. The Hall–Kier alpha value is -1.78. The Morgan fingerprint density at radius 2 is 2.04 bits per heavy atom. The van der Waals surface area contributed by atoms with E-state index >= 15 is 0 Å². The molecule has 1 atom stereocenters. The standard InChI is InChI=1S/C20H35N5/c1-16(8-10-20(2,3)4)24-19(21-5)23-15-17-9-11-22-18(14-17)25-12-6-7-13-25/h9,11,14,16H,6-8,10,12-13,15H2,1-5H3,(H2,21,23,24). The molecule has 1 fully saturated rings. The highest BCUT2D eigenvalue weighted by Crippen LogP contribution is 2.21. The minimum Gasteiger partial charge on any atom is -0.357 e. The average Bonchev–Trinajstić information content (AvgIpc) is 3.11. The van der Waals surface area contributed by atoms with Gasteiger partial charge in [-0.25, -0.2) is 4.98 Å². The maximum atomic E-state index is 4.52. The summed E-state index contributed by atoms with van der Waals surface area (Å²) in [5.41, 5.74) is 1.61. The van der Waals surface area contributed by atoms with E-state index in [1.54, 1.807) is 0 Å². The van der Waals surface area contributed by atoms with Gasteiger partial charge in [-0.1, -0.05) is 20.8 Å². The van der Waals surface area contributed by atoms with Crippen molar-refractivity contribution in [2.24, 2.45) is 10.4 Å². The molecule has 1 aromatic heterocycles. The summed E-state index contributed by atoms with van der Waals surface area (Å²) in [4.78, 5) is 11.2. The molecule has 0 saturated carbocycles. The van der Waals surface area contributed by atoms with Crippen molar-refractivity contribution in [3.8, 4) is 0 Å². The van der Waals surface area contributed by atoms with Gasteiger partial charge in [-0.15, -0.1) is 0 Å². The van der Waals surface area contributed by atoms with E-state index in [0.29, 0.717) is 11.5 Å². The molecule has 140 valence electrons. The first-order valence-electron chi connectivity index (χ1n) is 9.54. The lowest BCUT2D eigenvalue weighted by atomic mass is 9.89. The van der Waals surface area contributed by atoms with Gasteiger partial charge >= 0.3 is 0 Å². The first kappa shape index (κ1) is 19.5. The van der Waals surface area contributed by atoms with Crippen LogP contribution in [-0.4, -0.2) is 37.1 Å². The highest BCUT2D eigenvalue weighted by atomic mass is 15.2. The summed E-state index contributed by atoms with van der Waals surface area (Å²) in [7, 11) is 1.83. The highest BCUT2D eigenvalue weighted by Gasteiger charge is 2.15. The van der Waals surface area contributed by atoms with E-state index in [1.807, 2.05) is 13.2 Å². The summed E-state index contributed by atoms with van der Waals surface area (Å²) >= 11 is 0. The zero-order valence-electron chi connectivity index (χ0n) is 16.6. The van der Waals surface area contributed by atoms with Gasteiger partial charge in [0.25, 0.3) is 0 Å². The van der Waals surface area contributed by atoms with Gasteiger partial charge in [0.2, 0.25) is 0 Å². The second kappa shape index (κ2) is 9.07. The van der Waals surface area contributed by atoms with Crippen LogP contribution in [0.4, 0.5) is 5.82 Å². The van der Waals surface area contributed by atoms with Crippen LogP contribution >= 0.6 is 0 Å². The Balaban J connectivity index is 1.83. The first-order valence-corrected chi connectivity index (χ1v) is 9.54. The van der Waals surface area contributed by atoms with Crippen LogP contribution in [0.1, 0.15) is 58.9 Å². The van der Waals surface area contributed by atoms with Gasteiger partial charge in [0.15, 0.2) is 5.96 Å². The van der Waals surface area contributed by atoms with E-state index in [4.69, 9.17) is 0 Å². The normalized spacial score (nSPS) is 16.8. The smallest absolute Gasteiger partial charge is 0.191 e. The van der Waals surface area contributed by atoms with Crippen LogP contribution in [0.25, 0.3) is 0 Å². The Morgan fingerprint density at radius 1 is 1.32 bits per heavy atom. The Kier molecular flexibility index (Phi) is 7.09. The molecule has 5 heteroatoms. The Bertz CT molecular complexity index is 555. The van der Waals surface area contributed by atoms with Crippen molar-refractivity contribution in [2.45, 2.75) is 66.0 Å². The molecule has 1 aliphatic rings. The molecule has 2 N–H and O–H groups in total. The summed E-state index contributed by atoms with van der Waals surface area (Å²) in [6.45, 7) is 12.1. The van der Waals surface area contributed by atoms with Crippen LogP contribution in [0.15, 0.2) is 23.3 Å². The fourth-order valence-corrected chi connectivity index (χ4v) is 3.03. The SMILES string of the molecule is CN=C(NCc1ccnc(N2CCCC2)c1)NC(C)CCC(C)(C)C. The van der Waals surface area contributed by atoms with Gasteiger partial charge in [-0.05, 0) is 55.7 Å². The van der Waals surface area contributed by atoms with Gasteiger partial charge in [-0.2, -0.15) is 0 Å². The number of rotatable bonds is 6. The van der Waals surface area contributed by atoms with Crippen LogP contribution in [0, 0.1) is 5.41 Å². The third-order valence-corrected chi connectivity index (χ3v) is 4.63. The van der Waals surface area contributed by atoms with Crippen LogP contribution < -0.4 is 15.5 Å². The second-order valence-electron chi connectivity index (χ2n) is 8.29. The molecule has 1 saturated heterocycles. The van der Waals surface area contributed by atoms with Crippen molar-refractivity contribution in [2.75, 3.05) is 25.0 Å². The zero-order chi connectivity index (χ0) is 18.3. The number of guanidine groups is 1. The Morgan fingerprint density at radius 3 is 2.68 bits per heavy atom. The van der Waals surface area contributed by atoms with Crippen molar-refractivity contribution in [1.82, 2.24) is 15.6 Å². The van der Waals surface area contributed by atoms with E-state index in [-0.39, 0.29) is 0 Å². The minimum absolute atomic E-state index is 0.371. The number of aromatic nitrogens is 1. The molecule has 1 unspecified atom stereocenters. The number of hydrogen-bond acceptors (Lipinski definition) is 3. The summed E-state index contributed by atoms with van der Waals surface area (Å²) in [5.74, 6) is 1.96. The minimum atomic E-state index is 0.371. The molecule has 1 aromatic rings. The van der Waals surface area contributed by atoms with Crippen molar-refractivity contribution in [1.29, 1.82) is 0 Å². The Labute approximate surface area is 153 Å². The molecule has 0 aliphatic carbocycles. The topological polar surface area (TPSA) is 52.6 Å². The maximum Gasteiger partial charge on any atom is 0.191 e. The van der Waals surface area contributed by atoms with E-state index in [2.05, 4.69) is 65.3 Å². The summed E-state index contributed by atoms with van der Waals surface area (Å²) in [6, 6.07) is 4.67. The summed E-state index contributed by atoms with van der Waals surface area (Å²) in [5, 5.41) is 6.92. The highest BCUT2D eigenvalue weighted by molar-refractivity contribution is 5.79. The summed E-state index contributed by atoms with van der Waals surface area (Å²) < 4.78 is 0. The number of aliphatic imine (C=N–C) groups is 1. The van der Waals surface area contributed by atoms with Gasteiger partial charge in [-0.3, -0.25) is 4.99 Å². The van der Waals surface area contributed by atoms with Crippen molar-refractivity contribution < 1.29 is 0 Å². The molecule has 2 heterocycles. The zero-order valence-corrected chi connectivity index (χ0v) is 16.6. The predicted octanol–water partition coefficient (Wildman–Crippen LogP) is 3.56. The number of anilines is 1. The van der Waals surface area contributed by atoms with Crippen molar-refractivity contribution in [3.05, 3.63) is 23.9 Å². The molecule has 1 aliphatic heterocycles. The largest absolute Gasteiger partial charge is 0.357 e. The lowest BCUT2D eigenvalue weighted by Crippen LogP contribution is -2.42. The van der Waals surface area contributed by atoms with Gasteiger partial charge in [0.1, 0.15) is 5.82 Å². The number of nitrogens with zero attached hydrogens (tertiary/aromatic N) is 3. The molecule has 0 amide bonds. The van der Waals surface area contributed by atoms with Crippen LogP contribution in [-0.2, 0) is 6.54 Å². The molecule has 25 heavy (non-hydrogen) atoms. The molecule has 0 bridgehead atoms. The molecular weight excluding hydrogens is 310 g/mol. The number of pyridine rings is 1. The van der Waals surface area contributed by atoms with E-state index in [9.17, 15) is 0 Å². The lowest BCUT2D eigenvalue weighted by Gasteiger charge is -2.23. The van der Waals surface area contributed by atoms with Gasteiger partial charge in [0, 0.05) is 38.9 Å². The van der Waals surface area contributed by atoms with Crippen molar-refractivity contribution in [3.63, 3.8) is 0 Å². The quantitative estimate of drug-likeness (QED) is 0.611. The molecule has 0 aromatic carbocycles. The summed E-state index contributed by atoms with van der Waals surface area (Å²) in [6.07, 6.45) is 6.79.